The van der Waals surface area contributed by atoms with Gasteiger partial charge in [-0.05, 0) is 52.0 Å². The summed E-state index contributed by atoms with van der Waals surface area (Å²) in [7, 11) is 0. The van der Waals surface area contributed by atoms with Gasteiger partial charge in [-0.2, -0.15) is 13.2 Å². The van der Waals surface area contributed by atoms with E-state index in [1.807, 2.05) is 19.9 Å². The molecule has 0 spiro atoms. The van der Waals surface area contributed by atoms with E-state index in [4.69, 9.17) is 4.74 Å². The molecule has 0 aliphatic heterocycles. The second-order valence-electron chi connectivity index (χ2n) is 7.02. The Labute approximate surface area is 197 Å². The second-order valence-corrected chi connectivity index (χ2v) is 9.27. The van der Waals surface area contributed by atoms with E-state index in [1.54, 1.807) is 19.9 Å². The van der Waals surface area contributed by atoms with Crippen molar-refractivity contribution in [2.45, 2.75) is 55.2 Å². The van der Waals surface area contributed by atoms with E-state index in [1.165, 1.54) is 22.4 Å². The largest absolute Gasteiger partial charge is 0.465 e. The molecule has 12 heteroatoms. The van der Waals surface area contributed by atoms with E-state index in [-0.39, 0.29) is 23.2 Å². The molecular weight excluding hydrogens is 475 g/mol. The molecule has 0 saturated carbocycles. The highest BCUT2D eigenvalue weighted by Crippen LogP contribution is 2.33. The van der Waals surface area contributed by atoms with Gasteiger partial charge in [-0.1, -0.05) is 29.6 Å². The number of esters is 1. The molecule has 0 bridgehead atoms. The van der Waals surface area contributed by atoms with Crippen LogP contribution in [-0.4, -0.2) is 42.6 Å². The van der Waals surface area contributed by atoms with Gasteiger partial charge in [0.1, 0.15) is 11.1 Å². The van der Waals surface area contributed by atoms with Crippen molar-refractivity contribution in [3.8, 4) is 5.69 Å². The van der Waals surface area contributed by atoms with Crippen LogP contribution >= 0.6 is 23.5 Å². The van der Waals surface area contributed by atoms with E-state index in [0.29, 0.717) is 11.0 Å². The van der Waals surface area contributed by atoms with Crippen LogP contribution in [0.4, 0.5) is 13.2 Å². The molecular formula is C21H22F3N5O2S2. The third-order valence-corrected chi connectivity index (χ3v) is 6.19. The van der Waals surface area contributed by atoms with Crippen molar-refractivity contribution in [1.29, 1.82) is 0 Å². The van der Waals surface area contributed by atoms with Crippen LogP contribution in [0.15, 0.2) is 40.6 Å². The Morgan fingerprint density at radius 1 is 1.15 bits per heavy atom. The Hall–Kier alpha value is -2.60. The summed E-state index contributed by atoms with van der Waals surface area (Å²) in [6, 6.07) is 6.74. The molecule has 1 atom stereocenters. The number of thioether (sulfide) groups is 2. The molecule has 176 valence electrons. The zero-order valence-corrected chi connectivity index (χ0v) is 20.0. The number of hydrogen-bond donors (Lipinski definition) is 0. The minimum absolute atomic E-state index is 0.224. The van der Waals surface area contributed by atoms with Crippen molar-refractivity contribution in [3.63, 3.8) is 0 Å². The highest BCUT2D eigenvalue weighted by molar-refractivity contribution is 8.00. The topological polar surface area (TPSA) is 82.8 Å². The summed E-state index contributed by atoms with van der Waals surface area (Å²) in [5.74, 6) is 0.224. The highest BCUT2D eigenvalue weighted by atomic mass is 32.2. The summed E-state index contributed by atoms with van der Waals surface area (Å²) >= 11 is 2.37. The highest BCUT2D eigenvalue weighted by Gasteiger charge is 2.31. The lowest BCUT2D eigenvalue weighted by Gasteiger charge is -2.14. The van der Waals surface area contributed by atoms with Gasteiger partial charge in [0.25, 0.3) is 0 Å². The lowest BCUT2D eigenvalue weighted by atomic mass is 10.2. The molecule has 0 radical (unpaired) electrons. The first kappa shape index (κ1) is 25.0. The molecule has 3 aromatic rings. The maximum atomic E-state index is 13.3. The Morgan fingerprint density at radius 2 is 1.85 bits per heavy atom. The van der Waals surface area contributed by atoms with Crippen LogP contribution in [0.5, 0.6) is 0 Å². The van der Waals surface area contributed by atoms with Gasteiger partial charge in [-0.15, -0.1) is 10.2 Å². The van der Waals surface area contributed by atoms with E-state index < -0.39 is 23.0 Å². The lowest BCUT2D eigenvalue weighted by Crippen LogP contribution is -2.17. The Kier molecular flexibility index (Phi) is 8.01. The summed E-state index contributed by atoms with van der Waals surface area (Å²) in [5, 5.41) is 8.52. The van der Waals surface area contributed by atoms with Crippen LogP contribution in [-0.2, 0) is 21.5 Å². The number of ether oxygens (including phenoxy) is 1. The summed E-state index contributed by atoms with van der Waals surface area (Å²) < 4.78 is 46.5. The van der Waals surface area contributed by atoms with E-state index in [9.17, 15) is 18.0 Å². The third kappa shape index (κ3) is 6.47. The van der Waals surface area contributed by atoms with Gasteiger partial charge in [0.2, 0.25) is 0 Å². The average Bonchev–Trinajstić information content (AvgIpc) is 3.13. The first-order chi connectivity index (χ1) is 15.6. The van der Waals surface area contributed by atoms with Crippen LogP contribution in [0.2, 0.25) is 0 Å². The number of alkyl halides is 3. The number of rotatable bonds is 8. The van der Waals surface area contributed by atoms with Gasteiger partial charge in [0.05, 0.1) is 23.6 Å². The maximum Gasteiger partial charge on any atom is 0.416 e. The fourth-order valence-corrected chi connectivity index (χ4v) is 4.65. The first-order valence-corrected chi connectivity index (χ1v) is 11.8. The summed E-state index contributed by atoms with van der Waals surface area (Å²) in [6.45, 7) is 7.28. The normalized spacial score (nSPS) is 12.6. The van der Waals surface area contributed by atoms with Crippen molar-refractivity contribution in [3.05, 3.63) is 53.1 Å². The number of benzene rings is 1. The Morgan fingerprint density at radius 3 is 2.48 bits per heavy atom. The standard InChI is InChI=1S/C21H22F3N5O2S2/c1-5-31-18(30)14(4)33-20-28-27-17(11-32-19-25-12(2)9-13(3)26-19)29(20)16-8-6-7-15(10-16)21(22,23)24/h6-10,14H,5,11H2,1-4H3. The fraction of sp³-hybridized carbons (Fsp3) is 0.381. The van der Waals surface area contributed by atoms with Crippen molar-refractivity contribution in [2.75, 3.05) is 6.61 Å². The first-order valence-electron chi connectivity index (χ1n) is 9.98. The third-order valence-electron chi connectivity index (χ3n) is 4.32. The van der Waals surface area contributed by atoms with Crippen LogP contribution < -0.4 is 0 Å². The molecule has 2 heterocycles. The van der Waals surface area contributed by atoms with E-state index in [2.05, 4.69) is 20.2 Å². The van der Waals surface area contributed by atoms with Gasteiger partial charge in [0.15, 0.2) is 10.3 Å². The number of carbonyl (C=O) groups excluding carboxylic acids is 1. The number of nitrogens with zero attached hydrogens (tertiary/aromatic N) is 5. The average molecular weight is 498 g/mol. The van der Waals surface area contributed by atoms with Gasteiger partial charge in [-0.25, -0.2) is 9.97 Å². The molecule has 3 rings (SSSR count). The number of halogens is 3. The molecule has 1 aromatic carbocycles. The molecule has 0 aliphatic rings. The SMILES string of the molecule is CCOC(=O)C(C)Sc1nnc(CSc2nc(C)cc(C)n2)n1-c1cccc(C(F)(F)F)c1. The number of carbonyl (C=O) groups is 1. The predicted octanol–water partition coefficient (Wildman–Crippen LogP) is 5.03. The van der Waals surface area contributed by atoms with Gasteiger partial charge in [-0.3, -0.25) is 9.36 Å². The van der Waals surface area contributed by atoms with Gasteiger partial charge in [0, 0.05) is 11.4 Å². The van der Waals surface area contributed by atoms with E-state index in [0.717, 1.165) is 35.3 Å². The van der Waals surface area contributed by atoms with Crippen molar-refractivity contribution in [1.82, 2.24) is 24.7 Å². The zero-order chi connectivity index (χ0) is 24.2. The molecule has 7 nitrogen and oxygen atoms in total. The quantitative estimate of drug-likeness (QED) is 0.244. The summed E-state index contributed by atoms with van der Waals surface area (Å²) in [6.07, 6.45) is -4.50. The van der Waals surface area contributed by atoms with Crippen molar-refractivity contribution < 1.29 is 22.7 Å². The maximum absolute atomic E-state index is 13.3. The van der Waals surface area contributed by atoms with E-state index >= 15 is 0 Å². The second kappa shape index (κ2) is 10.6. The van der Waals surface area contributed by atoms with Crippen molar-refractivity contribution in [2.24, 2.45) is 0 Å². The summed E-state index contributed by atoms with van der Waals surface area (Å²) in [5.41, 5.74) is 1.07. The summed E-state index contributed by atoms with van der Waals surface area (Å²) in [4.78, 5) is 20.8. The molecule has 0 amide bonds. The number of aryl methyl sites for hydroxylation is 2. The zero-order valence-electron chi connectivity index (χ0n) is 18.4. The molecule has 0 aliphatic carbocycles. The lowest BCUT2D eigenvalue weighted by molar-refractivity contribution is -0.142. The molecule has 0 saturated heterocycles. The van der Waals surface area contributed by atoms with Crippen LogP contribution in [0, 0.1) is 13.8 Å². The Balaban J connectivity index is 1.97. The monoisotopic (exact) mass is 497 g/mol. The molecule has 0 fully saturated rings. The minimum Gasteiger partial charge on any atom is -0.465 e. The van der Waals surface area contributed by atoms with Gasteiger partial charge < -0.3 is 4.74 Å². The molecule has 1 unspecified atom stereocenters. The molecule has 2 aromatic heterocycles. The molecule has 33 heavy (non-hydrogen) atoms. The van der Waals surface area contributed by atoms with Crippen molar-refractivity contribution >= 4 is 29.5 Å². The van der Waals surface area contributed by atoms with Crippen LogP contribution in [0.3, 0.4) is 0 Å². The number of aromatic nitrogens is 5. The van der Waals surface area contributed by atoms with Crippen LogP contribution in [0.1, 0.15) is 36.6 Å². The predicted molar refractivity (Wildman–Crippen MR) is 119 cm³/mol. The fourth-order valence-electron chi connectivity index (χ4n) is 2.90. The van der Waals surface area contributed by atoms with Gasteiger partial charge >= 0.3 is 12.1 Å². The minimum atomic E-state index is -4.50. The Bertz CT molecular complexity index is 1120. The van der Waals surface area contributed by atoms with Crippen LogP contribution in [0.25, 0.3) is 5.69 Å². The molecule has 0 N–H and O–H groups in total. The number of hydrogen-bond acceptors (Lipinski definition) is 8. The smallest absolute Gasteiger partial charge is 0.416 e.